The van der Waals surface area contributed by atoms with Crippen LogP contribution in [-0.2, 0) is 10.9 Å². The molecule has 9 heteroatoms. The van der Waals surface area contributed by atoms with Crippen LogP contribution in [0.5, 0.6) is 0 Å². The van der Waals surface area contributed by atoms with Crippen molar-refractivity contribution in [2.45, 2.75) is 13.1 Å². The number of halogens is 3. The molecule has 6 nitrogen and oxygen atoms in total. The summed E-state index contributed by atoms with van der Waals surface area (Å²) in [7, 11) is 0. The number of rotatable bonds is 5. The van der Waals surface area contributed by atoms with E-state index in [0.717, 1.165) is 24.4 Å². The maximum atomic E-state index is 12.7. The fourth-order valence-corrected chi connectivity index (χ4v) is 2.06. The van der Waals surface area contributed by atoms with Crippen LogP contribution in [0.3, 0.4) is 0 Å². The summed E-state index contributed by atoms with van der Waals surface area (Å²) in [6.07, 6.45) is -0.905. The van der Waals surface area contributed by atoms with Gasteiger partial charge in [0, 0.05) is 6.07 Å². The van der Waals surface area contributed by atoms with Crippen molar-refractivity contribution in [3.63, 3.8) is 0 Å². The summed E-state index contributed by atoms with van der Waals surface area (Å²) < 4.78 is 43.1. The zero-order valence-corrected chi connectivity index (χ0v) is 13.5. The number of carbonyl (C=O) groups excluding carboxylic acids is 1. The molecule has 0 spiro atoms. The number of hydrogen-bond acceptors (Lipinski definition) is 5. The van der Waals surface area contributed by atoms with Crippen LogP contribution in [0.25, 0.3) is 12.2 Å². The Morgan fingerprint density at radius 1 is 1.31 bits per heavy atom. The van der Waals surface area contributed by atoms with Gasteiger partial charge in [-0.15, -0.1) is 0 Å². The number of nitro groups is 1. The third-order valence-corrected chi connectivity index (χ3v) is 3.26. The zero-order chi connectivity index (χ0) is 19.3. The number of ether oxygens (including phenoxy) is 1. The molecule has 0 amide bonds. The van der Waals surface area contributed by atoms with Gasteiger partial charge in [-0.2, -0.15) is 13.2 Å². The van der Waals surface area contributed by atoms with Crippen LogP contribution >= 0.6 is 0 Å². The van der Waals surface area contributed by atoms with Crippen molar-refractivity contribution in [3.05, 3.63) is 69.0 Å². The molecule has 0 atom stereocenters. The van der Waals surface area contributed by atoms with E-state index in [0.29, 0.717) is 0 Å². The summed E-state index contributed by atoms with van der Waals surface area (Å²) in [5.74, 6) is -0.813. The molecular weight excluding hydrogens is 353 g/mol. The topological polar surface area (TPSA) is 82.3 Å². The Balaban J connectivity index is 2.40. The molecule has 0 saturated heterocycles. The summed E-state index contributed by atoms with van der Waals surface area (Å²) in [6.45, 7) is 1.62. The fourth-order valence-electron chi connectivity index (χ4n) is 2.06. The smallest absolute Gasteiger partial charge is 0.416 e. The van der Waals surface area contributed by atoms with E-state index in [4.69, 9.17) is 4.74 Å². The number of nitrogens with zero attached hydrogens (tertiary/aromatic N) is 2. The average molecular weight is 366 g/mol. The molecule has 2 aromatic rings. The van der Waals surface area contributed by atoms with E-state index in [1.807, 2.05) is 0 Å². The van der Waals surface area contributed by atoms with Gasteiger partial charge >= 0.3 is 12.1 Å². The Morgan fingerprint density at radius 3 is 2.65 bits per heavy atom. The molecule has 0 bridgehead atoms. The first-order valence-electron chi connectivity index (χ1n) is 7.39. The van der Waals surface area contributed by atoms with Crippen molar-refractivity contribution >= 4 is 23.8 Å². The average Bonchev–Trinajstić information content (AvgIpc) is 2.59. The minimum absolute atomic E-state index is 0.0476. The molecule has 0 radical (unpaired) electrons. The van der Waals surface area contributed by atoms with Crippen molar-refractivity contribution in [1.29, 1.82) is 0 Å². The summed E-state index contributed by atoms with van der Waals surface area (Å²) in [5.41, 5.74) is -1.09. The van der Waals surface area contributed by atoms with Gasteiger partial charge in [0.15, 0.2) is 0 Å². The lowest BCUT2D eigenvalue weighted by molar-refractivity contribution is -0.385. The monoisotopic (exact) mass is 366 g/mol. The van der Waals surface area contributed by atoms with E-state index >= 15 is 0 Å². The second kappa shape index (κ2) is 7.77. The third-order valence-electron chi connectivity index (χ3n) is 3.26. The maximum absolute atomic E-state index is 12.7. The minimum atomic E-state index is -4.48. The van der Waals surface area contributed by atoms with Crippen LogP contribution < -0.4 is 0 Å². The van der Waals surface area contributed by atoms with E-state index in [1.165, 1.54) is 24.3 Å². The molecule has 1 aromatic carbocycles. The second-order valence-electron chi connectivity index (χ2n) is 5.06. The first-order chi connectivity index (χ1) is 12.2. The lowest BCUT2D eigenvalue weighted by Gasteiger charge is -2.07. The molecule has 26 heavy (non-hydrogen) atoms. The van der Waals surface area contributed by atoms with E-state index in [2.05, 4.69) is 4.98 Å². The molecule has 0 aliphatic rings. The Bertz CT molecular complexity index is 863. The molecular formula is C17H13F3N2O4. The predicted molar refractivity (Wildman–Crippen MR) is 87.2 cm³/mol. The van der Waals surface area contributed by atoms with Crippen LogP contribution in [0, 0.1) is 10.1 Å². The van der Waals surface area contributed by atoms with Gasteiger partial charge in [0.05, 0.1) is 28.4 Å². The van der Waals surface area contributed by atoms with Crippen molar-refractivity contribution in [2.24, 2.45) is 0 Å². The van der Waals surface area contributed by atoms with Gasteiger partial charge in [-0.05, 0) is 30.7 Å². The van der Waals surface area contributed by atoms with Crippen molar-refractivity contribution in [1.82, 2.24) is 4.98 Å². The minimum Gasteiger partial charge on any atom is -0.462 e. The Hall–Kier alpha value is -3.23. The van der Waals surface area contributed by atoms with Gasteiger partial charge in [0.1, 0.15) is 6.20 Å². The van der Waals surface area contributed by atoms with Crippen LogP contribution in [0.4, 0.5) is 18.9 Å². The number of alkyl halides is 3. The molecule has 1 heterocycles. The van der Waals surface area contributed by atoms with Gasteiger partial charge in [0.25, 0.3) is 5.69 Å². The van der Waals surface area contributed by atoms with Gasteiger partial charge in [-0.3, -0.25) is 10.1 Å². The molecule has 2 rings (SSSR count). The highest BCUT2D eigenvalue weighted by molar-refractivity contribution is 5.94. The lowest BCUT2D eigenvalue weighted by Crippen LogP contribution is -2.08. The van der Waals surface area contributed by atoms with E-state index in [-0.39, 0.29) is 23.4 Å². The van der Waals surface area contributed by atoms with E-state index in [1.54, 1.807) is 6.92 Å². The Labute approximate surface area is 146 Å². The van der Waals surface area contributed by atoms with E-state index in [9.17, 15) is 28.1 Å². The highest BCUT2D eigenvalue weighted by Crippen LogP contribution is 2.30. The molecule has 0 aliphatic carbocycles. The molecule has 0 saturated carbocycles. The third kappa shape index (κ3) is 4.65. The molecule has 0 aliphatic heterocycles. The molecule has 0 unspecified atom stereocenters. The summed E-state index contributed by atoms with van der Waals surface area (Å²) in [4.78, 5) is 25.9. The van der Waals surface area contributed by atoms with Gasteiger partial charge in [0.2, 0.25) is 0 Å². The number of esters is 1. The van der Waals surface area contributed by atoms with Crippen molar-refractivity contribution < 1.29 is 27.6 Å². The number of pyridine rings is 1. The highest BCUT2D eigenvalue weighted by atomic mass is 19.4. The quantitative estimate of drug-likeness (QED) is 0.446. The largest absolute Gasteiger partial charge is 0.462 e. The fraction of sp³-hybridized carbons (Fsp3) is 0.176. The summed E-state index contributed by atoms with van der Waals surface area (Å²) in [5, 5.41) is 10.8. The van der Waals surface area contributed by atoms with Gasteiger partial charge in [-0.25, -0.2) is 9.78 Å². The standard InChI is InChI=1S/C17H13F3N2O4/c1-2-26-16(23)14-9-13(22(24)25)10-21-15(14)7-6-11-4-3-5-12(8-11)17(18,19)20/h3-10H,2H2,1H3. The second-order valence-corrected chi connectivity index (χ2v) is 5.06. The van der Waals surface area contributed by atoms with Gasteiger partial charge < -0.3 is 4.74 Å². The number of benzene rings is 1. The first-order valence-corrected chi connectivity index (χ1v) is 7.39. The Morgan fingerprint density at radius 2 is 2.04 bits per heavy atom. The number of aromatic nitrogens is 1. The highest BCUT2D eigenvalue weighted by Gasteiger charge is 2.30. The Kier molecular flexibility index (Phi) is 5.71. The molecule has 0 N–H and O–H groups in total. The van der Waals surface area contributed by atoms with Crippen LogP contribution in [0.2, 0.25) is 0 Å². The maximum Gasteiger partial charge on any atom is 0.416 e. The SMILES string of the molecule is CCOC(=O)c1cc([N+](=O)[O-])cnc1C=Cc1cccc(C(F)(F)F)c1. The first kappa shape index (κ1) is 19.1. The van der Waals surface area contributed by atoms with Crippen LogP contribution in [0.1, 0.15) is 34.1 Å². The van der Waals surface area contributed by atoms with Crippen molar-refractivity contribution in [3.8, 4) is 0 Å². The molecule has 0 fully saturated rings. The summed E-state index contributed by atoms with van der Waals surface area (Å²) >= 11 is 0. The zero-order valence-electron chi connectivity index (χ0n) is 13.5. The number of carbonyl (C=O) groups is 1. The van der Waals surface area contributed by atoms with Gasteiger partial charge in [-0.1, -0.05) is 18.2 Å². The van der Waals surface area contributed by atoms with Crippen LogP contribution in [0.15, 0.2) is 36.5 Å². The predicted octanol–water partition coefficient (Wildman–Crippen LogP) is 4.36. The normalized spacial score (nSPS) is 11.5. The molecule has 136 valence electrons. The van der Waals surface area contributed by atoms with E-state index < -0.39 is 28.3 Å². The van der Waals surface area contributed by atoms with Crippen LogP contribution in [-0.4, -0.2) is 22.5 Å². The number of hydrogen-bond donors (Lipinski definition) is 0. The van der Waals surface area contributed by atoms with Crippen molar-refractivity contribution in [2.75, 3.05) is 6.61 Å². The molecule has 1 aromatic heterocycles. The lowest BCUT2D eigenvalue weighted by atomic mass is 10.1. The summed E-state index contributed by atoms with van der Waals surface area (Å²) in [6, 6.07) is 5.58.